The molecule has 0 bridgehead atoms. The highest BCUT2D eigenvalue weighted by atomic mass is 16.5. The van der Waals surface area contributed by atoms with Gasteiger partial charge in [-0.25, -0.2) is 4.98 Å². The summed E-state index contributed by atoms with van der Waals surface area (Å²) in [6, 6.07) is 8.10. The van der Waals surface area contributed by atoms with E-state index in [1.807, 2.05) is 19.1 Å². The fraction of sp³-hybridized carbons (Fsp3) is 0.278. The number of rotatable bonds is 3. The topological polar surface area (TPSA) is 81.2 Å². The second-order valence-electron chi connectivity index (χ2n) is 6.04. The van der Waals surface area contributed by atoms with Crippen LogP contribution >= 0.6 is 0 Å². The van der Waals surface area contributed by atoms with Gasteiger partial charge in [0, 0.05) is 18.6 Å². The zero-order valence-electron chi connectivity index (χ0n) is 13.5. The lowest BCUT2D eigenvalue weighted by atomic mass is 10.0. The van der Waals surface area contributed by atoms with Crippen LogP contribution in [0.25, 0.3) is 11.3 Å². The number of benzene rings is 1. The minimum absolute atomic E-state index is 0.00833. The highest BCUT2D eigenvalue weighted by Gasteiger charge is 2.26. The smallest absolute Gasteiger partial charge is 0.289 e. The van der Waals surface area contributed by atoms with Crippen molar-refractivity contribution in [3.63, 3.8) is 0 Å². The van der Waals surface area contributed by atoms with Crippen molar-refractivity contribution < 1.29 is 13.7 Å². The molecule has 6 heteroatoms. The summed E-state index contributed by atoms with van der Waals surface area (Å²) in [5.41, 5.74) is 4.24. The predicted molar refractivity (Wildman–Crippen MR) is 86.4 cm³/mol. The Balaban J connectivity index is 1.55. The highest BCUT2D eigenvalue weighted by Crippen LogP contribution is 2.34. The molecule has 0 aliphatic heterocycles. The van der Waals surface area contributed by atoms with Gasteiger partial charge in [-0.3, -0.25) is 4.79 Å². The fourth-order valence-corrected chi connectivity index (χ4v) is 3.12. The molecule has 2 aromatic heterocycles. The van der Waals surface area contributed by atoms with Crippen LogP contribution in [0.15, 0.2) is 39.4 Å². The van der Waals surface area contributed by atoms with Gasteiger partial charge in [0.25, 0.3) is 5.91 Å². The van der Waals surface area contributed by atoms with Crippen molar-refractivity contribution in [2.75, 3.05) is 0 Å². The summed E-state index contributed by atoms with van der Waals surface area (Å²) < 4.78 is 10.4. The van der Waals surface area contributed by atoms with Gasteiger partial charge in [-0.15, -0.1) is 0 Å². The van der Waals surface area contributed by atoms with Crippen LogP contribution in [-0.2, 0) is 6.42 Å². The number of amides is 1. The Morgan fingerprint density at radius 2 is 2.17 bits per heavy atom. The number of aryl methyl sites for hydroxylation is 3. The number of nitrogens with one attached hydrogen (secondary N) is 1. The lowest BCUT2D eigenvalue weighted by molar-refractivity contribution is 0.0907. The molecule has 2 heterocycles. The molecule has 3 aromatic rings. The molecule has 0 fully saturated rings. The number of nitrogens with zero attached hydrogens (tertiary/aromatic N) is 2. The van der Waals surface area contributed by atoms with Crippen molar-refractivity contribution in [3.8, 4) is 11.3 Å². The van der Waals surface area contributed by atoms with Crippen molar-refractivity contribution in [3.05, 3.63) is 59.0 Å². The first-order valence-electron chi connectivity index (χ1n) is 7.90. The molecule has 1 aromatic carbocycles. The molecular formula is C18H17N3O3. The number of carbonyl (C=O) groups is 1. The van der Waals surface area contributed by atoms with Crippen molar-refractivity contribution in [2.45, 2.75) is 32.7 Å². The Bertz CT molecular complexity index is 910. The minimum atomic E-state index is -0.232. The zero-order valence-corrected chi connectivity index (χ0v) is 13.5. The van der Waals surface area contributed by atoms with Crippen molar-refractivity contribution in [2.24, 2.45) is 0 Å². The van der Waals surface area contributed by atoms with E-state index >= 15 is 0 Å². The fourth-order valence-electron chi connectivity index (χ4n) is 3.12. The number of carbonyl (C=O) groups excluding carboxylic acids is 1. The number of hydrogen-bond donors (Lipinski definition) is 1. The maximum atomic E-state index is 12.2. The number of oxazole rings is 1. The average molecular weight is 323 g/mol. The molecule has 1 amide bonds. The van der Waals surface area contributed by atoms with Crippen molar-refractivity contribution >= 4 is 5.91 Å². The Morgan fingerprint density at radius 3 is 2.88 bits per heavy atom. The van der Waals surface area contributed by atoms with Crippen LogP contribution in [0.2, 0.25) is 0 Å². The van der Waals surface area contributed by atoms with E-state index < -0.39 is 0 Å². The molecule has 1 unspecified atom stereocenters. The Hall–Kier alpha value is -2.89. The third-order valence-electron chi connectivity index (χ3n) is 4.29. The van der Waals surface area contributed by atoms with Crippen LogP contribution in [0.5, 0.6) is 0 Å². The lowest BCUT2D eigenvalue weighted by Crippen LogP contribution is -2.26. The van der Waals surface area contributed by atoms with Crippen molar-refractivity contribution in [1.82, 2.24) is 15.5 Å². The SMILES string of the molecule is Cc1cc(-c2ccc3c(c2)CCC3NC(=O)c2cnc(C)o2)no1. The normalized spacial score (nSPS) is 16.2. The van der Waals surface area contributed by atoms with Crippen LogP contribution in [0.3, 0.4) is 0 Å². The van der Waals surface area contributed by atoms with Crippen molar-refractivity contribution in [1.29, 1.82) is 0 Å². The van der Waals surface area contributed by atoms with E-state index in [2.05, 4.69) is 27.6 Å². The molecule has 6 nitrogen and oxygen atoms in total. The first-order valence-corrected chi connectivity index (χ1v) is 7.90. The number of aromatic nitrogens is 2. The lowest BCUT2D eigenvalue weighted by Gasteiger charge is -2.13. The zero-order chi connectivity index (χ0) is 16.7. The molecule has 0 saturated carbocycles. The molecule has 1 aliphatic rings. The molecule has 1 aliphatic carbocycles. The second-order valence-corrected chi connectivity index (χ2v) is 6.04. The summed E-state index contributed by atoms with van der Waals surface area (Å²) in [5, 5.41) is 7.08. The maximum absolute atomic E-state index is 12.2. The van der Waals surface area contributed by atoms with Gasteiger partial charge in [-0.05, 0) is 37.0 Å². The molecule has 0 radical (unpaired) electrons. The third-order valence-corrected chi connectivity index (χ3v) is 4.29. The molecule has 1 N–H and O–H groups in total. The van der Waals surface area contributed by atoms with Gasteiger partial charge in [0.1, 0.15) is 11.5 Å². The monoisotopic (exact) mass is 323 g/mol. The van der Waals surface area contributed by atoms with E-state index in [0.29, 0.717) is 5.89 Å². The first kappa shape index (κ1) is 14.7. The number of fused-ring (bicyclic) bond motifs is 1. The van der Waals surface area contributed by atoms with E-state index in [1.165, 1.54) is 11.8 Å². The summed E-state index contributed by atoms with van der Waals surface area (Å²) in [5.74, 6) is 1.29. The Morgan fingerprint density at radius 1 is 1.29 bits per heavy atom. The third kappa shape index (κ3) is 2.60. The predicted octanol–water partition coefficient (Wildman–Crippen LogP) is 3.36. The quantitative estimate of drug-likeness (QED) is 0.799. The molecule has 0 spiro atoms. The second kappa shape index (κ2) is 5.63. The average Bonchev–Trinajstić information content (AvgIpc) is 3.28. The van der Waals surface area contributed by atoms with Gasteiger partial charge in [-0.1, -0.05) is 17.3 Å². The highest BCUT2D eigenvalue weighted by molar-refractivity contribution is 5.91. The van der Waals surface area contributed by atoms with E-state index in [-0.39, 0.29) is 17.7 Å². The standard InChI is InChI=1S/C18H17N3O3/c1-10-7-16(21-24-10)13-3-5-14-12(8-13)4-6-15(14)20-18(22)17-9-19-11(2)23-17/h3,5,7-9,15H,4,6H2,1-2H3,(H,20,22). The summed E-state index contributed by atoms with van der Waals surface area (Å²) in [6.07, 6.45) is 3.24. The Kier molecular flexibility index (Phi) is 3.45. The molecule has 0 saturated heterocycles. The van der Waals surface area contributed by atoms with Crippen LogP contribution < -0.4 is 5.32 Å². The largest absolute Gasteiger partial charge is 0.436 e. The van der Waals surface area contributed by atoms with Crippen LogP contribution in [-0.4, -0.2) is 16.0 Å². The van der Waals surface area contributed by atoms with Gasteiger partial charge >= 0.3 is 0 Å². The van der Waals surface area contributed by atoms with Crippen LogP contribution in [0, 0.1) is 13.8 Å². The van der Waals surface area contributed by atoms with E-state index in [4.69, 9.17) is 8.94 Å². The molecule has 4 rings (SSSR count). The van der Waals surface area contributed by atoms with Gasteiger partial charge in [-0.2, -0.15) is 0 Å². The molecule has 24 heavy (non-hydrogen) atoms. The molecular weight excluding hydrogens is 306 g/mol. The minimum Gasteiger partial charge on any atom is -0.436 e. The molecule has 122 valence electrons. The van der Waals surface area contributed by atoms with Gasteiger partial charge in [0.15, 0.2) is 5.89 Å². The molecule has 1 atom stereocenters. The summed E-state index contributed by atoms with van der Waals surface area (Å²) >= 11 is 0. The number of hydrogen-bond acceptors (Lipinski definition) is 5. The van der Waals surface area contributed by atoms with Crippen LogP contribution in [0.1, 0.15) is 45.8 Å². The van der Waals surface area contributed by atoms with Gasteiger partial charge < -0.3 is 14.3 Å². The van der Waals surface area contributed by atoms with Gasteiger partial charge in [0.2, 0.25) is 5.76 Å². The summed E-state index contributed by atoms with van der Waals surface area (Å²) in [7, 11) is 0. The van der Waals surface area contributed by atoms with E-state index in [9.17, 15) is 4.79 Å². The maximum Gasteiger partial charge on any atom is 0.289 e. The Labute approximate surface area is 138 Å². The summed E-state index contributed by atoms with van der Waals surface area (Å²) in [4.78, 5) is 16.2. The summed E-state index contributed by atoms with van der Waals surface area (Å²) in [6.45, 7) is 3.59. The first-order chi connectivity index (χ1) is 11.6. The van der Waals surface area contributed by atoms with Crippen LogP contribution in [0.4, 0.5) is 0 Å². The van der Waals surface area contributed by atoms with E-state index in [1.54, 1.807) is 6.92 Å². The van der Waals surface area contributed by atoms with Gasteiger partial charge in [0.05, 0.1) is 12.2 Å². The van der Waals surface area contributed by atoms with E-state index in [0.717, 1.165) is 35.4 Å².